The van der Waals surface area contributed by atoms with E-state index in [1.54, 1.807) is 11.1 Å². The number of benzene rings is 2. The number of hydrogen-bond donors (Lipinski definition) is 2. The van der Waals surface area contributed by atoms with Gasteiger partial charge in [0, 0.05) is 30.2 Å². The van der Waals surface area contributed by atoms with Gasteiger partial charge in [-0.1, -0.05) is 29.3 Å². The maximum absolute atomic E-state index is 13.3. The van der Waals surface area contributed by atoms with Crippen LogP contribution in [0.25, 0.3) is 0 Å². The van der Waals surface area contributed by atoms with Crippen LogP contribution in [0.4, 0.5) is 18.9 Å². The maximum atomic E-state index is 13.3. The number of rotatable bonds is 5. The molecule has 1 fully saturated rings. The maximum Gasteiger partial charge on any atom is 0.417 e. The molecule has 0 aromatic heterocycles. The quantitative estimate of drug-likeness (QED) is 0.676. The van der Waals surface area contributed by atoms with Crippen molar-refractivity contribution in [3.05, 3.63) is 59.2 Å². The zero-order chi connectivity index (χ0) is 22.0. The monoisotopic (exact) mass is 448 g/mol. The summed E-state index contributed by atoms with van der Waals surface area (Å²) < 4.78 is 39.8. The minimum atomic E-state index is -4.64. The van der Waals surface area contributed by atoms with Crippen LogP contribution in [0.5, 0.6) is 0 Å². The largest absolute Gasteiger partial charge is 0.417 e. The summed E-state index contributed by atoms with van der Waals surface area (Å²) in [7, 11) is 0. The molecule has 2 aromatic rings. The number of alkyl halides is 3. The average molecular weight is 449 g/mol. The fourth-order valence-electron chi connectivity index (χ4n) is 4.10. The number of hydrogen-bond acceptors (Lipinski definition) is 5. The van der Waals surface area contributed by atoms with Crippen LogP contribution in [-0.4, -0.2) is 36.3 Å². The van der Waals surface area contributed by atoms with E-state index in [0.717, 1.165) is 44.5 Å². The van der Waals surface area contributed by atoms with Crippen molar-refractivity contribution in [3.8, 4) is 6.07 Å². The highest BCUT2D eigenvalue weighted by molar-refractivity contribution is 8.28. The Kier molecular flexibility index (Phi) is 6.23. The standard InChI is InChI=1S/C22H23F3N4OS/c23-22(24,25)19-13-18(9-8-17(19)14-26)31-21(30)15-29(27-31)12-4-11-28-10-3-6-16-5-1-2-7-20(16)28/h1-2,5,7-9,13,27,31H,3-4,6,10-12,15H2. The first-order chi connectivity index (χ1) is 14.9. The second-order valence-corrected chi connectivity index (χ2v) is 9.55. The number of carbonyl (C=O) groups is 1. The lowest BCUT2D eigenvalue weighted by Crippen LogP contribution is -2.35. The number of fused-ring (bicyclic) bond motifs is 1. The first kappa shape index (κ1) is 21.7. The summed E-state index contributed by atoms with van der Waals surface area (Å²) in [5.41, 5.74) is 1.19. The smallest absolute Gasteiger partial charge is 0.371 e. The summed E-state index contributed by atoms with van der Waals surface area (Å²) in [4.78, 5) is 18.3. The molecule has 164 valence electrons. The number of nitrogens with zero attached hydrogens (tertiary/aromatic N) is 3. The van der Waals surface area contributed by atoms with E-state index in [4.69, 9.17) is 5.26 Å². The van der Waals surface area contributed by atoms with Crippen molar-refractivity contribution in [2.24, 2.45) is 0 Å². The Labute approximate surface area is 181 Å². The number of thiol groups is 1. The first-order valence-electron chi connectivity index (χ1n) is 10.2. The molecule has 0 saturated carbocycles. The van der Waals surface area contributed by atoms with Gasteiger partial charge >= 0.3 is 6.18 Å². The Morgan fingerprint density at radius 1 is 1.16 bits per heavy atom. The van der Waals surface area contributed by atoms with Gasteiger partial charge in [-0.2, -0.15) is 18.4 Å². The molecule has 9 heteroatoms. The van der Waals surface area contributed by atoms with Gasteiger partial charge in [0.15, 0.2) is 0 Å². The molecule has 5 nitrogen and oxygen atoms in total. The SMILES string of the molecule is N#Cc1ccc([SH]2NN(CCCN3CCCc4ccccc43)CC2=O)cc1C(F)(F)F. The Balaban J connectivity index is 1.38. The fourth-order valence-corrected chi connectivity index (χ4v) is 5.86. The summed E-state index contributed by atoms with van der Waals surface area (Å²) in [6.45, 7) is 2.66. The van der Waals surface area contributed by atoms with Crippen LogP contribution in [0, 0.1) is 11.3 Å². The Morgan fingerprint density at radius 3 is 2.74 bits per heavy atom. The van der Waals surface area contributed by atoms with Gasteiger partial charge in [-0.3, -0.25) is 4.79 Å². The molecule has 2 heterocycles. The second-order valence-electron chi connectivity index (χ2n) is 7.66. The molecule has 2 aliphatic rings. The van der Waals surface area contributed by atoms with Crippen LogP contribution < -0.4 is 9.73 Å². The number of halogens is 3. The van der Waals surface area contributed by atoms with Gasteiger partial charge in [-0.05, 0) is 49.1 Å². The Morgan fingerprint density at radius 2 is 1.97 bits per heavy atom. The van der Waals surface area contributed by atoms with Crippen molar-refractivity contribution in [1.29, 1.82) is 5.26 Å². The predicted octanol–water partition coefficient (Wildman–Crippen LogP) is 4.04. The minimum Gasteiger partial charge on any atom is -0.371 e. The highest BCUT2D eigenvalue weighted by atomic mass is 32.2. The zero-order valence-corrected chi connectivity index (χ0v) is 17.7. The van der Waals surface area contributed by atoms with E-state index in [1.807, 2.05) is 6.07 Å². The summed E-state index contributed by atoms with van der Waals surface area (Å²) in [6, 6.07) is 13.5. The molecule has 1 atom stereocenters. The Bertz CT molecular complexity index is 1020. The fraction of sp³-hybridized carbons (Fsp3) is 0.364. The number of nitriles is 1. The predicted molar refractivity (Wildman–Crippen MR) is 115 cm³/mol. The van der Waals surface area contributed by atoms with E-state index in [1.165, 1.54) is 17.3 Å². The molecule has 0 bridgehead atoms. The number of carbonyl (C=O) groups excluding carboxylic acids is 1. The lowest BCUT2D eigenvalue weighted by molar-refractivity contribution is -0.138. The van der Waals surface area contributed by atoms with Crippen molar-refractivity contribution in [1.82, 2.24) is 9.84 Å². The first-order valence-corrected chi connectivity index (χ1v) is 11.5. The van der Waals surface area contributed by atoms with Crippen molar-refractivity contribution in [2.45, 2.75) is 30.3 Å². The number of para-hydroxylation sites is 1. The molecule has 2 aromatic carbocycles. The van der Waals surface area contributed by atoms with E-state index in [0.29, 0.717) is 11.4 Å². The molecular weight excluding hydrogens is 425 g/mol. The molecule has 0 radical (unpaired) electrons. The molecule has 1 N–H and O–H groups in total. The highest BCUT2D eigenvalue weighted by Crippen LogP contribution is 2.41. The third-order valence-corrected chi connectivity index (χ3v) is 7.48. The minimum absolute atomic E-state index is 0.115. The highest BCUT2D eigenvalue weighted by Gasteiger charge is 2.36. The van der Waals surface area contributed by atoms with Gasteiger partial charge in [0.05, 0.1) is 23.7 Å². The summed E-state index contributed by atoms with van der Waals surface area (Å²) in [5.74, 6) is 0. The summed E-state index contributed by atoms with van der Waals surface area (Å²) in [5, 5.41) is 10.6. The van der Waals surface area contributed by atoms with Gasteiger partial charge in [-0.25, -0.2) is 9.84 Å². The zero-order valence-electron chi connectivity index (χ0n) is 16.8. The topological polar surface area (TPSA) is 59.4 Å². The van der Waals surface area contributed by atoms with Gasteiger partial charge in [0.25, 0.3) is 0 Å². The van der Waals surface area contributed by atoms with E-state index in [2.05, 4.69) is 27.9 Å². The van der Waals surface area contributed by atoms with Gasteiger partial charge in [0.2, 0.25) is 5.12 Å². The van der Waals surface area contributed by atoms with E-state index in [-0.39, 0.29) is 11.7 Å². The van der Waals surface area contributed by atoms with Crippen LogP contribution in [0.2, 0.25) is 0 Å². The lowest BCUT2D eigenvalue weighted by atomic mass is 10.0. The number of anilines is 1. The molecule has 4 rings (SSSR count). The normalized spacial score (nSPS) is 20.5. The third-order valence-electron chi connectivity index (χ3n) is 5.57. The number of hydrazine groups is 1. The van der Waals surface area contributed by atoms with E-state index in [9.17, 15) is 18.0 Å². The van der Waals surface area contributed by atoms with Gasteiger partial charge < -0.3 is 4.90 Å². The molecule has 0 aliphatic carbocycles. The molecule has 2 aliphatic heterocycles. The molecule has 0 spiro atoms. The van der Waals surface area contributed by atoms with Crippen molar-refractivity contribution >= 4 is 21.9 Å². The molecule has 0 amide bonds. The van der Waals surface area contributed by atoms with Gasteiger partial charge in [0.1, 0.15) is 0 Å². The van der Waals surface area contributed by atoms with E-state index >= 15 is 0 Å². The van der Waals surface area contributed by atoms with Crippen LogP contribution in [0.1, 0.15) is 29.5 Å². The van der Waals surface area contributed by atoms with Crippen LogP contribution in [0.15, 0.2) is 47.4 Å². The number of aryl methyl sites for hydroxylation is 1. The molecule has 31 heavy (non-hydrogen) atoms. The van der Waals surface area contributed by atoms with Crippen molar-refractivity contribution in [2.75, 3.05) is 31.1 Å². The van der Waals surface area contributed by atoms with Crippen LogP contribution >= 0.6 is 11.1 Å². The second kappa shape index (κ2) is 8.91. The summed E-state index contributed by atoms with van der Waals surface area (Å²) in [6.07, 6.45) is -1.60. The Hall–Kier alpha value is -2.54. The third kappa shape index (κ3) is 4.71. The lowest BCUT2D eigenvalue weighted by Gasteiger charge is -2.31. The molecule has 1 unspecified atom stereocenters. The summed E-state index contributed by atoms with van der Waals surface area (Å²) >= 11 is -1.58. The van der Waals surface area contributed by atoms with Crippen molar-refractivity contribution < 1.29 is 18.0 Å². The van der Waals surface area contributed by atoms with Gasteiger partial charge in [-0.15, -0.1) is 0 Å². The molecule has 1 saturated heterocycles. The van der Waals surface area contributed by atoms with Crippen LogP contribution in [-0.2, 0) is 17.4 Å². The number of nitrogens with one attached hydrogen (secondary N) is 1. The average Bonchev–Trinajstić information content (AvgIpc) is 3.13. The molecular formula is C22H23F3N4OS. The van der Waals surface area contributed by atoms with Crippen LogP contribution in [0.3, 0.4) is 0 Å². The van der Waals surface area contributed by atoms with Crippen molar-refractivity contribution in [3.63, 3.8) is 0 Å². The van der Waals surface area contributed by atoms with E-state index < -0.39 is 28.4 Å².